The highest BCUT2D eigenvalue weighted by atomic mass is 16.5. The van der Waals surface area contributed by atoms with Gasteiger partial charge in [0, 0.05) is 19.3 Å². The quantitative estimate of drug-likeness (QED) is 0.573. The number of carbonyl (C=O) groups is 1. The Kier molecular flexibility index (Phi) is 6.23. The molecule has 2 aliphatic rings. The second kappa shape index (κ2) is 8.61. The zero-order valence-corrected chi connectivity index (χ0v) is 15.0. The molecule has 26 heavy (non-hydrogen) atoms. The summed E-state index contributed by atoms with van der Waals surface area (Å²) in [5.74, 6) is 0.218. The second-order valence-corrected chi connectivity index (χ2v) is 6.94. The number of aliphatic hydroxyl groups excluding tert-OH is 1. The molecule has 9 heteroatoms. The van der Waals surface area contributed by atoms with Crippen LogP contribution in [0.1, 0.15) is 42.5 Å². The van der Waals surface area contributed by atoms with E-state index in [0.717, 1.165) is 25.7 Å². The monoisotopic (exact) mass is 365 g/mol. The molecular weight excluding hydrogens is 338 g/mol. The van der Waals surface area contributed by atoms with Gasteiger partial charge in [0.05, 0.1) is 37.0 Å². The molecule has 1 saturated heterocycles. The van der Waals surface area contributed by atoms with Crippen molar-refractivity contribution in [3.8, 4) is 0 Å². The number of aromatic nitrogens is 2. The lowest BCUT2D eigenvalue weighted by molar-refractivity contribution is -0.0117. The Balaban J connectivity index is 1.68. The van der Waals surface area contributed by atoms with Crippen molar-refractivity contribution in [3.05, 3.63) is 11.8 Å². The molecule has 1 saturated carbocycles. The van der Waals surface area contributed by atoms with Crippen molar-refractivity contribution in [2.24, 2.45) is 5.73 Å². The lowest BCUT2D eigenvalue weighted by Crippen LogP contribution is -2.38. The van der Waals surface area contributed by atoms with Crippen LogP contribution < -0.4 is 16.4 Å². The van der Waals surface area contributed by atoms with Gasteiger partial charge in [0.1, 0.15) is 5.82 Å². The number of anilines is 2. The molecule has 2 heterocycles. The topological polar surface area (TPSA) is 132 Å². The van der Waals surface area contributed by atoms with Crippen molar-refractivity contribution in [3.63, 3.8) is 0 Å². The molecule has 1 aliphatic heterocycles. The van der Waals surface area contributed by atoms with E-state index in [1.165, 1.54) is 6.20 Å². The first-order chi connectivity index (χ1) is 12.5. The third-order valence-corrected chi connectivity index (χ3v) is 4.92. The third kappa shape index (κ3) is 4.80. The summed E-state index contributed by atoms with van der Waals surface area (Å²) in [7, 11) is 1.74. The van der Waals surface area contributed by atoms with E-state index in [0.29, 0.717) is 37.5 Å². The van der Waals surface area contributed by atoms with Gasteiger partial charge in [0.15, 0.2) is 0 Å². The first-order valence-electron chi connectivity index (χ1n) is 9.03. The van der Waals surface area contributed by atoms with E-state index >= 15 is 0 Å². The fourth-order valence-corrected chi connectivity index (χ4v) is 3.47. The van der Waals surface area contributed by atoms with Gasteiger partial charge < -0.3 is 30.9 Å². The van der Waals surface area contributed by atoms with Crippen LogP contribution in [0.3, 0.4) is 0 Å². The van der Waals surface area contributed by atoms with Crippen molar-refractivity contribution in [1.82, 2.24) is 9.97 Å². The summed E-state index contributed by atoms with van der Waals surface area (Å²) in [5, 5.41) is 16.2. The SMILES string of the molecule is COC1CCC(Nc2ncc(C(N)=O)c(N[C@H]3COC[C@H](O)C3)n2)CC1. The number of hydrogen-bond donors (Lipinski definition) is 4. The second-order valence-electron chi connectivity index (χ2n) is 6.94. The number of nitrogens with two attached hydrogens (primary N) is 1. The minimum Gasteiger partial charge on any atom is -0.391 e. The fraction of sp³-hybridized carbons (Fsp3) is 0.706. The van der Waals surface area contributed by atoms with Crippen molar-refractivity contribution in [2.75, 3.05) is 31.0 Å². The smallest absolute Gasteiger partial charge is 0.254 e. The molecule has 2 atom stereocenters. The number of carbonyl (C=O) groups excluding carboxylic acids is 1. The molecule has 144 valence electrons. The molecule has 5 N–H and O–H groups in total. The van der Waals surface area contributed by atoms with Crippen LogP contribution in [0.25, 0.3) is 0 Å². The number of ether oxygens (including phenoxy) is 2. The molecule has 0 bridgehead atoms. The number of nitrogens with one attached hydrogen (secondary N) is 2. The average molecular weight is 365 g/mol. The minimum absolute atomic E-state index is 0.142. The Morgan fingerprint density at radius 1 is 1.27 bits per heavy atom. The summed E-state index contributed by atoms with van der Waals surface area (Å²) in [6.07, 6.45) is 5.68. The third-order valence-electron chi connectivity index (χ3n) is 4.92. The van der Waals surface area contributed by atoms with Gasteiger partial charge in [-0.2, -0.15) is 4.98 Å². The van der Waals surface area contributed by atoms with Crippen molar-refractivity contribution in [1.29, 1.82) is 0 Å². The van der Waals surface area contributed by atoms with Crippen LogP contribution in [0.2, 0.25) is 0 Å². The van der Waals surface area contributed by atoms with Gasteiger partial charge in [-0.25, -0.2) is 4.98 Å². The van der Waals surface area contributed by atoms with Crippen molar-refractivity contribution in [2.45, 2.75) is 56.4 Å². The van der Waals surface area contributed by atoms with E-state index in [4.69, 9.17) is 15.2 Å². The molecule has 1 aliphatic carbocycles. The summed E-state index contributed by atoms with van der Waals surface area (Å²) in [5.41, 5.74) is 5.66. The fourth-order valence-electron chi connectivity index (χ4n) is 3.47. The van der Waals surface area contributed by atoms with Gasteiger partial charge in [-0.15, -0.1) is 0 Å². The number of hydrogen-bond acceptors (Lipinski definition) is 8. The van der Waals surface area contributed by atoms with Crippen LogP contribution >= 0.6 is 0 Å². The predicted octanol–water partition coefficient (Wildman–Crippen LogP) is 0.507. The van der Waals surface area contributed by atoms with Gasteiger partial charge in [0.25, 0.3) is 5.91 Å². The molecule has 9 nitrogen and oxygen atoms in total. The van der Waals surface area contributed by atoms with E-state index in [1.54, 1.807) is 7.11 Å². The first-order valence-corrected chi connectivity index (χ1v) is 9.03. The van der Waals surface area contributed by atoms with Crippen molar-refractivity contribution < 1.29 is 19.4 Å². The van der Waals surface area contributed by atoms with Gasteiger partial charge in [-0.05, 0) is 32.1 Å². The Labute approximate surface area is 152 Å². The van der Waals surface area contributed by atoms with E-state index in [1.807, 2.05) is 0 Å². The number of primary amides is 1. The Hall–Kier alpha value is -1.97. The van der Waals surface area contributed by atoms with E-state index in [9.17, 15) is 9.90 Å². The van der Waals surface area contributed by atoms with Gasteiger partial charge in [-0.1, -0.05) is 0 Å². The summed E-state index contributed by atoms with van der Waals surface area (Å²) < 4.78 is 10.7. The molecule has 3 rings (SSSR count). The van der Waals surface area contributed by atoms with Crippen LogP contribution in [0, 0.1) is 0 Å². The molecule has 2 fully saturated rings. The standard InChI is InChI=1S/C17H27N5O4/c1-25-13-4-2-10(3-5-13)21-17-19-7-14(15(18)24)16(22-17)20-11-6-12(23)9-26-8-11/h7,10-13,23H,2-6,8-9H2,1H3,(H2,18,24)(H2,19,20,21,22)/t10?,11-,12-,13?/m1/s1. The maximum atomic E-state index is 11.7. The number of nitrogens with zero attached hydrogens (tertiary/aromatic N) is 2. The molecule has 0 spiro atoms. The van der Waals surface area contributed by atoms with Crippen LogP contribution in [-0.4, -0.2) is 65.6 Å². The highest BCUT2D eigenvalue weighted by Gasteiger charge is 2.24. The summed E-state index contributed by atoms with van der Waals surface area (Å²) >= 11 is 0. The average Bonchev–Trinajstić information content (AvgIpc) is 2.62. The summed E-state index contributed by atoms with van der Waals surface area (Å²) in [6.45, 7) is 0.755. The molecule has 1 aromatic rings. The van der Waals surface area contributed by atoms with E-state index in [-0.39, 0.29) is 17.6 Å². The van der Waals surface area contributed by atoms with E-state index < -0.39 is 12.0 Å². The maximum absolute atomic E-state index is 11.7. The van der Waals surface area contributed by atoms with E-state index in [2.05, 4.69) is 20.6 Å². The number of amides is 1. The summed E-state index contributed by atoms with van der Waals surface area (Å²) in [6, 6.07) is 0.130. The zero-order chi connectivity index (χ0) is 18.5. The Morgan fingerprint density at radius 2 is 2.04 bits per heavy atom. The number of rotatable bonds is 6. The van der Waals surface area contributed by atoms with Crippen LogP contribution in [0.15, 0.2) is 6.20 Å². The highest BCUT2D eigenvalue weighted by Crippen LogP contribution is 2.24. The number of methoxy groups -OCH3 is 1. The molecule has 0 aromatic carbocycles. The molecule has 1 amide bonds. The van der Waals surface area contributed by atoms with Crippen LogP contribution in [-0.2, 0) is 9.47 Å². The van der Waals surface area contributed by atoms with Gasteiger partial charge in [-0.3, -0.25) is 4.79 Å². The van der Waals surface area contributed by atoms with Crippen LogP contribution in [0.5, 0.6) is 0 Å². The maximum Gasteiger partial charge on any atom is 0.254 e. The summed E-state index contributed by atoms with van der Waals surface area (Å²) in [4.78, 5) is 20.4. The lowest BCUT2D eigenvalue weighted by Gasteiger charge is -2.29. The highest BCUT2D eigenvalue weighted by molar-refractivity contribution is 5.97. The first kappa shape index (κ1) is 18.8. The predicted molar refractivity (Wildman–Crippen MR) is 96.1 cm³/mol. The largest absolute Gasteiger partial charge is 0.391 e. The normalized spacial score (nSPS) is 29.2. The lowest BCUT2D eigenvalue weighted by atomic mass is 9.93. The number of aliphatic hydroxyl groups is 1. The molecule has 0 unspecified atom stereocenters. The minimum atomic E-state index is -0.600. The molecule has 0 radical (unpaired) electrons. The van der Waals surface area contributed by atoms with Gasteiger partial charge >= 0.3 is 0 Å². The molecule has 1 aromatic heterocycles. The zero-order valence-electron chi connectivity index (χ0n) is 15.0. The Morgan fingerprint density at radius 3 is 2.69 bits per heavy atom. The molecular formula is C17H27N5O4. The van der Waals surface area contributed by atoms with Gasteiger partial charge in [0.2, 0.25) is 5.95 Å². The van der Waals surface area contributed by atoms with Crippen LogP contribution in [0.4, 0.5) is 11.8 Å². The Bertz CT molecular complexity index is 621. The van der Waals surface area contributed by atoms with Crippen molar-refractivity contribution >= 4 is 17.7 Å².